The molecule has 3 aromatic rings. The van der Waals surface area contributed by atoms with Crippen LogP contribution in [0.4, 0.5) is 5.82 Å². The van der Waals surface area contributed by atoms with Crippen LogP contribution in [0.3, 0.4) is 0 Å². The van der Waals surface area contributed by atoms with E-state index in [1.165, 1.54) is 0 Å². The molecule has 0 unspecified atom stereocenters. The Kier molecular flexibility index (Phi) is 5.44. The van der Waals surface area contributed by atoms with Gasteiger partial charge in [0, 0.05) is 12.0 Å². The highest BCUT2D eigenvalue weighted by Gasteiger charge is 2.21. The molecule has 6 heteroatoms. The SMILES string of the molecule is CCOC[C@H](C(C)C)n1cnc2c(N)nc3ccccc3c21.Cl. The van der Waals surface area contributed by atoms with Gasteiger partial charge in [-0.1, -0.05) is 32.0 Å². The largest absolute Gasteiger partial charge is 0.382 e. The van der Waals surface area contributed by atoms with Gasteiger partial charge >= 0.3 is 0 Å². The van der Waals surface area contributed by atoms with Gasteiger partial charge in [-0.05, 0) is 18.9 Å². The second-order valence-corrected chi connectivity index (χ2v) is 5.83. The maximum Gasteiger partial charge on any atom is 0.152 e. The number of fused-ring (bicyclic) bond motifs is 3. The Bertz CT molecular complexity index is 800. The monoisotopic (exact) mass is 334 g/mol. The molecule has 2 aromatic heterocycles. The van der Waals surface area contributed by atoms with Crippen LogP contribution in [0.15, 0.2) is 30.6 Å². The molecule has 23 heavy (non-hydrogen) atoms. The van der Waals surface area contributed by atoms with E-state index >= 15 is 0 Å². The van der Waals surface area contributed by atoms with Crippen LogP contribution >= 0.6 is 12.4 Å². The number of anilines is 1. The number of rotatable bonds is 5. The molecule has 1 atom stereocenters. The lowest BCUT2D eigenvalue weighted by atomic mass is 10.0. The lowest BCUT2D eigenvalue weighted by Gasteiger charge is -2.23. The van der Waals surface area contributed by atoms with E-state index in [1.54, 1.807) is 0 Å². The predicted molar refractivity (Wildman–Crippen MR) is 97.1 cm³/mol. The summed E-state index contributed by atoms with van der Waals surface area (Å²) in [5.41, 5.74) is 8.80. The summed E-state index contributed by atoms with van der Waals surface area (Å²) in [4.78, 5) is 8.95. The zero-order valence-corrected chi connectivity index (χ0v) is 14.5. The lowest BCUT2D eigenvalue weighted by Crippen LogP contribution is -2.20. The molecule has 2 N–H and O–H groups in total. The number of nitrogens with two attached hydrogens (primary N) is 1. The first kappa shape index (κ1) is 17.5. The molecule has 0 saturated heterocycles. The molecule has 0 amide bonds. The van der Waals surface area contributed by atoms with Crippen molar-refractivity contribution in [3.63, 3.8) is 0 Å². The van der Waals surface area contributed by atoms with Gasteiger partial charge in [-0.3, -0.25) is 0 Å². The van der Waals surface area contributed by atoms with Crippen LogP contribution in [0, 0.1) is 5.92 Å². The predicted octanol–water partition coefficient (Wildman–Crippen LogP) is 3.82. The Morgan fingerprint density at radius 2 is 2.00 bits per heavy atom. The fourth-order valence-electron chi connectivity index (χ4n) is 2.85. The van der Waals surface area contributed by atoms with Gasteiger partial charge in [-0.15, -0.1) is 12.4 Å². The van der Waals surface area contributed by atoms with E-state index in [2.05, 4.69) is 34.4 Å². The van der Waals surface area contributed by atoms with E-state index in [4.69, 9.17) is 10.5 Å². The van der Waals surface area contributed by atoms with E-state index in [-0.39, 0.29) is 18.4 Å². The fourth-order valence-corrected chi connectivity index (χ4v) is 2.85. The fraction of sp³-hybridized carbons (Fsp3) is 0.412. The van der Waals surface area contributed by atoms with Gasteiger partial charge < -0.3 is 15.0 Å². The molecule has 0 aliphatic heterocycles. The molecule has 0 radical (unpaired) electrons. The number of hydrogen-bond donors (Lipinski definition) is 1. The smallest absolute Gasteiger partial charge is 0.152 e. The van der Waals surface area contributed by atoms with Crippen LogP contribution in [0.25, 0.3) is 21.9 Å². The normalized spacial score (nSPS) is 12.7. The van der Waals surface area contributed by atoms with Crippen molar-refractivity contribution in [3.8, 4) is 0 Å². The average molecular weight is 335 g/mol. The van der Waals surface area contributed by atoms with Crippen molar-refractivity contribution in [2.45, 2.75) is 26.8 Å². The van der Waals surface area contributed by atoms with Crippen molar-refractivity contribution in [1.29, 1.82) is 0 Å². The molecule has 0 fully saturated rings. The number of benzene rings is 1. The highest BCUT2D eigenvalue weighted by molar-refractivity contribution is 6.06. The molecule has 0 aliphatic rings. The molecular weight excluding hydrogens is 312 g/mol. The van der Waals surface area contributed by atoms with Gasteiger partial charge in [0.05, 0.1) is 30.0 Å². The number of para-hydroxylation sites is 1. The third-order valence-electron chi connectivity index (χ3n) is 4.06. The Labute approximate surface area is 142 Å². The molecule has 5 nitrogen and oxygen atoms in total. The highest BCUT2D eigenvalue weighted by Crippen LogP contribution is 2.31. The topological polar surface area (TPSA) is 66.0 Å². The summed E-state index contributed by atoms with van der Waals surface area (Å²) in [5, 5.41) is 1.08. The summed E-state index contributed by atoms with van der Waals surface area (Å²) in [7, 11) is 0. The molecule has 1 aromatic carbocycles. The Hall–Kier alpha value is -1.85. The molecule has 3 rings (SSSR count). The first-order valence-corrected chi connectivity index (χ1v) is 7.72. The number of nitrogen functional groups attached to an aromatic ring is 1. The minimum atomic E-state index is 0. The van der Waals surface area contributed by atoms with Crippen LogP contribution in [-0.2, 0) is 4.74 Å². The van der Waals surface area contributed by atoms with Crippen molar-refractivity contribution >= 4 is 40.2 Å². The van der Waals surface area contributed by atoms with E-state index in [0.717, 1.165) is 21.9 Å². The first-order chi connectivity index (χ1) is 10.6. The van der Waals surface area contributed by atoms with Gasteiger partial charge in [0.2, 0.25) is 0 Å². The van der Waals surface area contributed by atoms with Crippen molar-refractivity contribution in [3.05, 3.63) is 30.6 Å². The van der Waals surface area contributed by atoms with Crippen molar-refractivity contribution < 1.29 is 4.74 Å². The van der Waals surface area contributed by atoms with Gasteiger partial charge in [0.1, 0.15) is 5.52 Å². The van der Waals surface area contributed by atoms with E-state index in [0.29, 0.717) is 24.9 Å². The third-order valence-corrected chi connectivity index (χ3v) is 4.06. The van der Waals surface area contributed by atoms with Crippen molar-refractivity contribution in [2.75, 3.05) is 18.9 Å². The zero-order valence-electron chi connectivity index (χ0n) is 13.7. The van der Waals surface area contributed by atoms with E-state index < -0.39 is 0 Å². The number of hydrogen-bond acceptors (Lipinski definition) is 4. The van der Waals surface area contributed by atoms with E-state index in [1.807, 2.05) is 31.5 Å². The standard InChI is InChI=1S/C17H22N4O.ClH/c1-4-22-9-14(11(2)3)21-10-19-15-16(21)12-7-5-6-8-13(12)20-17(15)18;/h5-8,10-11,14H,4,9H2,1-3H3,(H2,18,20);1H/t14-;/m1./s1. The number of pyridine rings is 1. The Morgan fingerprint density at radius 1 is 1.26 bits per heavy atom. The molecule has 0 spiro atoms. The van der Waals surface area contributed by atoms with Crippen molar-refractivity contribution in [2.24, 2.45) is 5.92 Å². The summed E-state index contributed by atoms with van der Waals surface area (Å²) in [6, 6.07) is 8.26. The third kappa shape index (κ3) is 3.12. The molecular formula is C17H23ClN4O. The summed E-state index contributed by atoms with van der Waals surface area (Å²) in [6.07, 6.45) is 1.86. The molecule has 2 heterocycles. The number of halogens is 1. The molecule has 0 saturated carbocycles. The van der Waals surface area contributed by atoms with Crippen LogP contribution in [0.1, 0.15) is 26.8 Å². The molecule has 0 aliphatic carbocycles. The highest BCUT2D eigenvalue weighted by atomic mass is 35.5. The minimum Gasteiger partial charge on any atom is -0.382 e. The quantitative estimate of drug-likeness (QED) is 0.770. The lowest BCUT2D eigenvalue weighted by molar-refractivity contribution is 0.0980. The van der Waals surface area contributed by atoms with Gasteiger partial charge in [-0.2, -0.15) is 0 Å². The second-order valence-electron chi connectivity index (χ2n) is 5.83. The summed E-state index contributed by atoms with van der Waals surface area (Å²) < 4.78 is 7.87. The summed E-state index contributed by atoms with van der Waals surface area (Å²) >= 11 is 0. The molecule has 0 bridgehead atoms. The minimum absolute atomic E-state index is 0. The Morgan fingerprint density at radius 3 is 2.70 bits per heavy atom. The second kappa shape index (κ2) is 7.15. The van der Waals surface area contributed by atoms with Crippen molar-refractivity contribution in [1.82, 2.24) is 14.5 Å². The average Bonchev–Trinajstić information content (AvgIpc) is 2.93. The number of ether oxygens (including phenoxy) is 1. The number of imidazole rings is 1. The van der Waals surface area contributed by atoms with Crippen LogP contribution < -0.4 is 5.73 Å². The summed E-state index contributed by atoms with van der Waals surface area (Å²) in [5.74, 6) is 0.906. The maximum atomic E-state index is 6.09. The Balaban J connectivity index is 0.00000192. The first-order valence-electron chi connectivity index (χ1n) is 7.72. The van der Waals surface area contributed by atoms with E-state index in [9.17, 15) is 0 Å². The van der Waals surface area contributed by atoms with Crippen LogP contribution in [-0.4, -0.2) is 27.7 Å². The zero-order chi connectivity index (χ0) is 15.7. The maximum absolute atomic E-state index is 6.09. The number of aromatic nitrogens is 3. The summed E-state index contributed by atoms with van der Waals surface area (Å²) in [6.45, 7) is 7.78. The van der Waals surface area contributed by atoms with Gasteiger partial charge in [0.15, 0.2) is 5.82 Å². The van der Waals surface area contributed by atoms with Gasteiger partial charge in [0.25, 0.3) is 0 Å². The van der Waals surface area contributed by atoms with Crippen LogP contribution in [0.5, 0.6) is 0 Å². The molecule has 124 valence electrons. The van der Waals surface area contributed by atoms with Gasteiger partial charge in [-0.25, -0.2) is 9.97 Å². The number of nitrogens with zero attached hydrogens (tertiary/aromatic N) is 3. The van der Waals surface area contributed by atoms with Crippen LogP contribution in [0.2, 0.25) is 0 Å².